The van der Waals surface area contributed by atoms with Gasteiger partial charge in [0.1, 0.15) is 22.8 Å². The van der Waals surface area contributed by atoms with Gasteiger partial charge in [-0.2, -0.15) is 0 Å². The van der Waals surface area contributed by atoms with Crippen molar-refractivity contribution in [2.24, 2.45) is 5.92 Å². The van der Waals surface area contributed by atoms with E-state index in [1.54, 1.807) is 16.2 Å². The molecule has 0 aliphatic carbocycles. The monoisotopic (exact) mass is 455 g/mol. The Morgan fingerprint density at radius 2 is 2.16 bits per heavy atom. The minimum absolute atomic E-state index is 0.0603. The molecule has 2 aromatic carbocycles. The number of nitrogens with one attached hydrogen (secondary N) is 1. The summed E-state index contributed by atoms with van der Waals surface area (Å²) < 4.78 is 26.9. The van der Waals surface area contributed by atoms with Crippen LogP contribution in [-0.2, 0) is 4.79 Å². The Kier molecular flexibility index (Phi) is 5.42. The molecule has 3 aromatic rings. The van der Waals surface area contributed by atoms with Crippen LogP contribution in [0.25, 0.3) is 10.2 Å². The summed E-state index contributed by atoms with van der Waals surface area (Å²) in [6.07, 6.45) is 1.54. The number of nitrogens with zero attached hydrogens (tertiary/aromatic N) is 2. The number of rotatable bonds is 4. The molecule has 7 nitrogen and oxygen atoms in total. The van der Waals surface area contributed by atoms with Crippen LogP contribution >= 0.6 is 11.3 Å². The van der Waals surface area contributed by atoms with Crippen molar-refractivity contribution in [1.29, 1.82) is 0 Å². The van der Waals surface area contributed by atoms with E-state index in [1.807, 2.05) is 25.1 Å². The van der Waals surface area contributed by atoms with Crippen LogP contribution in [0.3, 0.4) is 0 Å². The number of amides is 2. The van der Waals surface area contributed by atoms with Gasteiger partial charge < -0.3 is 19.7 Å². The third kappa shape index (κ3) is 4.00. The Bertz CT molecular complexity index is 1200. The van der Waals surface area contributed by atoms with Gasteiger partial charge in [-0.1, -0.05) is 6.07 Å². The van der Waals surface area contributed by atoms with Gasteiger partial charge in [0.05, 0.1) is 27.6 Å². The Morgan fingerprint density at radius 1 is 1.34 bits per heavy atom. The number of halogens is 1. The lowest BCUT2D eigenvalue weighted by molar-refractivity contribution is -0.118. The van der Waals surface area contributed by atoms with Crippen molar-refractivity contribution in [3.05, 3.63) is 46.7 Å². The average molecular weight is 456 g/mol. The molecule has 2 amide bonds. The van der Waals surface area contributed by atoms with Crippen molar-refractivity contribution in [2.75, 3.05) is 31.6 Å². The van der Waals surface area contributed by atoms with Gasteiger partial charge in [-0.05, 0) is 43.9 Å². The van der Waals surface area contributed by atoms with Crippen LogP contribution < -0.4 is 14.8 Å². The number of fused-ring (bicyclic) bond motifs is 2. The molecule has 32 heavy (non-hydrogen) atoms. The normalized spacial score (nSPS) is 16.4. The molecule has 0 saturated carbocycles. The molecule has 0 spiro atoms. The van der Waals surface area contributed by atoms with Crippen LogP contribution in [0.2, 0.25) is 0 Å². The van der Waals surface area contributed by atoms with Crippen molar-refractivity contribution in [3.63, 3.8) is 0 Å². The van der Waals surface area contributed by atoms with Gasteiger partial charge in [0.25, 0.3) is 11.8 Å². The molecule has 0 atom stereocenters. The number of ether oxygens (including phenoxy) is 2. The number of aromatic nitrogens is 1. The molecule has 166 valence electrons. The average Bonchev–Trinajstić information content (AvgIpc) is 3.18. The highest BCUT2D eigenvalue weighted by Gasteiger charge is 2.28. The molecule has 0 radical (unpaired) electrons. The van der Waals surface area contributed by atoms with Crippen molar-refractivity contribution >= 4 is 39.1 Å². The van der Waals surface area contributed by atoms with Crippen molar-refractivity contribution < 1.29 is 23.5 Å². The lowest BCUT2D eigenvalue weighted by atomic mass is 9.97. The molecule has 2 aliphatic rings. The second-order valence-electron chi connectivity index (χ2n) is 8.05. The number of aryl methyl sites for hydroxylation is 1. The van der Waals surface area contributed by atoms with Crippen LogP contribution in [0.5, 0.6) is 11.5 Å². The van der Waals surface area contributed by atoms with E-state index in [1.165, 1.54) is 6.07 Å². The van der Waals surface area contributed by atoms with Gasteiger partial charge in [0.15, 0.2) is 6.61 Å². The SMILES string of the molecule is Cc1nc2c(OCC3CCN(C(=O)c4cc5c(cc4F)OCC(=O)N5)CC3)cccc2s1. The fourth-order valence-corrected chi connectivity index (χ4v) is 4.94. The van der Waals surface area contributed by atoms with Gasteiger partial charge in [0, 0.05) is 19.2 Å². The fourth-order valence-electron chi connectivity index (χ4n) is 4.10. The van der Waals surface area contributed by atoms with Crippen molar-refractivity contribution in [1.82, 2.24) is 9.88 Å². The Labute approximate surface area is 188 Å². The van der Waals surface area contributed by atoms with Crippen molar-refractivity contribution in [2.45, 2.75) is 19.8 Å². The molecule has 9 heteroatoms. The first kappa shape index (κ1) is 20.7. The van der Waals surface area contributed by atoms with Crippen LogP contribution in [0.4, 0.5) is 10.1 Å². The molecule has 5 rings (SSSR count). The molecule has 1 N–H and O–H groups in total. The number of benzene rings is 2. The summed E-state index contributed by atoms with van der Waals surface area (Å²) in [5.74, 6) is -0.0401. The number of anilines is 1. The highest BCUT2D eigenvalue weighted by atomic mass is 32.1. The Morgan fingerprint density at radius 3 is 2.97 bits per heavy atom. The van der Waals surface area contributed by atoms with E-state index in [0.29, 0.717) is 31.3 Å². The molecular weight excluding hydrogens is 433 g/mol. The van der Waals surface area contributed by atoms with E-state index in [9.17, 15) is 14.0 Å². The fraction of sp³-hybridized carbons (Fsp3) is 0.348. The zero-order chi connectivity index (χ0) is 22.2. The number of hydrogen-bond acceptors (Lipinski definition) is 6. The minimum atomic E-state index is -0.651. The van der Waals surface area contributed by atoms with E-state index in [4.69, 9.17) is 9.47 Å². The Hall–Kier alpha value is -3.20. The van der Waals surface area contributed by atoms with E-state index in [2.05, 4.69) is 10.3 Å². The Balaban J connectivity index is 1.21. The second-order valence-corrected chi connectivity index (χ2v) is 9.28. The van der Waals surface area contributed by atoms with E-state index in [-0.39, 0.29) is 29.7 Å². The maximum Gasteiger partial charge on any atom is 0.262 e. The lowest BCUT2D eigenvalue weighted by Crippen LogP contribution is -2.40. The highest BCUT2D eigenvalue weighted by molar-refractivity contribution is 7.18. The maximum atomic E-state index is 14.5. The number of para-hydroxylation sites is 1. The predicted octanol–water partition coefficient (Wildman–Crippen LogP) is 4.01. The number of hydrogen-bond donors (Lipinski definition) is 1. The van der Waals surface area contributed by atoms with Crippen molar-refractivity contribution in [3.8, 4) is 11.5 Å². The number of thiazole rings is 1. The zero-order valence-corrected chi connectivity index (χ0v) is 18.3. The minimum Gasteiger partial charge on any atom is -0.491 e. The second kappa shape index (κ2) is 8.38. The molecule has 2 aliphatic heterocycles. The van der Waals surface area contributed by atoms with Crippen LogP contribution in [-0.4, -0.2) is 48.0 Å². The highest BCUT2D eigenvalue weighted by Crippen LogP contribution is 2.32. The largest absolute Gasteiger partial charge is 0.491 e. The van der Waals surface area contributed by atoms with Gasteiger partial charge in [-0.15, -0.1) is 11.3 Å². The summed E-state index contributed by atoms with van der Waals surface area (Å²) >= 11 is 1.64. The summed E-state index contributed by atoms with van der Waals surface area (Å²) in [7, 11) is 0. The van der Waals surface area contributed by atoms with Gasteiger partial charge in [-0.3, -0.25) is 9.59 Å². The van der Waals surface area contributed by atoms with E-state index < -0.39 is 5.82 Å². The summed E-state index contributed by atoms with van der Waals surface area (Å²) in [6.45, 7) is 3.41. The molecule has 0 unspecified atom stereocenters. The number of carbonyl (C=O) groups is 2. The summed E-state index contributed by atoms with van der Waals surface area (Å²) in [5.41, 5.74) is 1.15. The number of carbonyl (C=O) groups excluding carboxylic acids is 2. The van der Waals surface area contributed by atoms with Gasteiger partial charge in [0.2, 0.25) is 0 Å². The molecule has 1 saturated heterocycles. The van der Waals surface area contributed by atoms with E-state index >= 15 is 0 Å². The maximum absolute atomic E-state index is 14.5. The topological polar surface area (TPSA) is 80.8 Å². The number of likely N-dealkylation sites (tertiary alicyclic amines) is 1. The first-order chi connectivity index (χ1) is 15.5. The summed E-state index contributed by atoms with van der Waals surface area (Å²) in [4.78, 5) is 30.7. The summed E-state index contributed by atoms with van der Waals surface area (Å²) in [5, 5.41) is 3.62. The number of piperidine rings is 1. The predicted molar refractivity (Wildman–Crippen MR) is 119 cm³/mol. The van der Waals surface area contributed by atoms with Crippen LogP contribution in [0, 0.1) is 18.7 Å². The quantitative estimate of drug-likeness (QED) is 0.643. The third-order valence-corrected chi connectivity index (χ3v) is 6.73. The molecule has 0 bridgehead atoms. The van der Waals surface area contributed by atoms with Gasteiger partial charge >= 0.3 is 0 Å². The standard InChI is InChI=1S/C23H22FN3O4S/c1-13-25-22-18(3-2-4-20(22)32-13)30-11-14-5-7-27(8-6-14)23(29)15-9-17-19(10-16(15)24)31-12-21(28)26-17/h2-4,9-10,14H,5-8,11-12H2,1H3,(H,26,28). The first-order valence-corrected chi connectivity index (χ1v) is 11.3. The lowest BCUT2D eigenvalue weighted by Gasteiger charge is -2.32. The van der Waals surface area contributed by atoms with Crippen LogP contribution in [0.1, 0.15) is 28.2 Å². The smallest absolute Gasteiger partial charge is 0.262 e. The summed E-state index contributed by atoms with van der Waals surface area (Å²) in [6, 6.07) is 8.45. The van der Waals surface area contributed by atoms with Crippen LogP contribution in [0.15, 0.2) is 30.3 Å². The van der Waals surface area contributed by atoms with E-state index in [0.717, 1.165) is 39.9 Å². The third-order valence-electron chi connectivity index (χ3n) is 5.80. The van der Waals surface area contributed by atoms with Gasteiger partial charge in [-0.25, -0.2) is 9.37 Å². The molecule has 1 fully saturated rings. The zero-order valence-electron chi connectivity index (χ0n) is 17.5. The molecule has 3 heterocycles. The first-order valence-electron chi connectivity index (χ1n) is 10.5. The molecule has 1 aromatic heterocycles. The molecular formula is C23H22FN3O4S.